The zero-order chi connectivity index (χ0) is 15.1. The second-order valence-corrected chi connectivity index (χ2v) is 6.34. The van der Waals surface area contributed by atoms with Crippen LogP contribution in [0.5, 0.6) is 5.75 Å². The number of aliphatic hydroxyl groups excluding tert-OH is 1. The number of hydrogen-bond donors (Lipinski definition) is 2. The van der Waals surface area contributed by atoms with E-state index in [1.165, 1.54) is 12.8 Å². The average molecular weight is 292 g/mol. The Kier molecular flexibility index (Phi) is 6.07. The lowest BCUT2D eigenvalue weighted by atomic mass is 9.96. The maximum absolute atomic E-state index is 10.6. The normalized spacial score (nSPS) is 19.8. The van der Waals surface area contributed by atoms with Crippen molar-refractivity contribution in [3.63, 3.8) is 0 Å². The first-order chi connectivity index (χ1) is 10.1. The Morgan fingerprint density at radius 3 is 2.57 bits per heavy atom. The Morgan fingerprint density at radius 2 is 1.90 bits per heavy atom. The van der Waals surface area contributed by atoms with Crippen LogP contribution in [-0.2, 0) is 6.42 Å². The summed E-state index contributed by atoms with van der Waals surface area (Å²) in [6.45, 7) is 2.35. The predicted molar refractivity (Wildman–Crippen MR) is 84.6 cm³/mol. The largest absolute Gasteiger partial charge is 0.491 e. The molecule has 0 bridgehead atoms. The van der Waals surface area contributed by atoms with E-state index in [0.717, 1.165) is 43.4 Å². The molecule has 1 aliphatic carbocycles. The van der Waals surface area contributed by atoms with Gasteiger partial charge in [-0.2, -0.15) is 0 Å². The fourth-order valence-corrected chi connectivity index (χ4v) is 2.93. The molecule has 1 atom stereocenters. The third kappa shape index (κ3) is 5.33. The Labute approximate surface area is 128 Å². The molecule has 0 spiro atoms. The second kappa shape index (κ2) is 7.81. The van der Waals surface area contributed by atoms with E-state index >= 15 is 0 Å². The highest BCUT2D eigenvalue weighted by atomic mass is 16.5. The highest BCUT2D eigenvalue weighted by Gasteiger charge is 2.28. The summed E-state index contributed by atoms with van der Waals surface area (Å²) in [4.78, 5) is 0. The van der Waals surface area contributed by atoms with Crippen LogP contribution in [0.1, 0.15) is 57.4 Å². The van der Waals surface area contributed by atoms with Crippen molar-refractivity contribution < 1.29 is 14.9 Å². The van der Waals surface area contributed by atoms with Crippen molar-refractivity contribution in [2.45, 2.75) is 70.0 Å². The zero-order valence-corrected chi connectivity index (χ0v) is 13.1. The Morgan fingerprint density at radius 1 is 1.19 bits per heavy atom. The first kappa shape index (κ1) is 16.3. The predicted octanol–water partition coefficient (Wildman–Crippen LogP) is 3.46. The smallest absolute Gasteiger partial charge is 0.119 e. The molecule has 1 aromatic rings. The molecule has 0 radical (unpaired) electrons. The van der Waals surface area contributed by atoms with Crippen molar-refractivity contribution in [3.8, 4) is 5.75 Å². The van der Waals surface area contributed by atoms with Gasteiger partial charge in [0, 0.05) is 0 Å². The summed E-state index contributed by atoms with van der Waals surface area (Å²) >= 11 is 0. The summed E-state index contributed by atoms with van der Waals surface area (Å²) in [5, 5.41) is 20.3. The molecule has 2 N–H and O–H groups in total. The van der Waals surface area contributed by atoms with Crippen LogP contribution in [0, 0.1) is 0 Å². The van der Waals surface area contributed by atoms with Gasteiger partial charge in [0.2, 0.25) is 0 Å². The summed E-state index contributed by atoms with van der Waals surface area (Å²) in [6.07, 6.45) is 7.38. The lowest BCUT2D eigenvalue weighted by molar-refractivity contribution is -0.0173. The average Bonchev–Trinajstić information content (AvgIpc) is 2.71. The molecule has 118 valence electrons. The van der Waals surface area contributed by atoms with Crippen LogP contribution in [0.2, 0.25) is 0 Å². The van der Waals surface area contributed by atoms with Crippen LogP contribution >= 0.6 is 0 Å². The van der Waals surface area contributed by atoms with E-state index < -0.39 is 5.60 Å². The summed E-state index contributed by atoms with van der Waals surface area (Å²) in [5.41, 5.74) is 0.407. The summed E-state index contributed by atoms with van der Waals surface area (Å²) in [5.74, 6) is 0.786. The molecule has 0 unspecified atom stereocenters. The maximum Gasteiger partial charge on any atom is 0.119 e. The fourth-order valence-electron chi connectivity index (χ4n) is 2.93. The minimum Gasteiger partial charge on any atom is -0.491 e. The minimum atomic E-state index is -0.671. The monoisotopic (exact) mass is 292 g/mol. The number of hydrogen-bond acceptors (Lipinski definition) is 3. The van der Waals surface area contributed by atoms with Gasteiger partial charge in [-0.05, 0) is 43.4 Å². The van der Waals surface area contributed by atoms with Gasteiger partial charge in [-0.1, -0.05) is 44.7 Å². The molecule has 1 saturated carbocycles. The third-order valence-electron chi connectivity index (χ3n) is 4.38. The first-order valence-corrected chi connectivity index (χ1v) is 8.23. The van der Waals surface area contributed by atoms with Gasteiger partial charge in [0.1, 0.15) is 12.4 Å². The molecule has 1 aliphatic rings. The van der Waals surface area contributed by atoms with Gasteiger partial charge in [0.25, 0.3) is 0 Å². The highest BCUT2D eigenvalue weighted by Crippen LogP contribution is 2.28. The van der Waals surface area contributed by atoms with E-state index in [1.54, 1.807) is 0 Å². The highest BCUT2D eigenvalue weighted by molar-refractivity contribution is 5.29. The molecule has 0 saturated heterocycles. The van der Waals surface area contributed by atoms with Crippen LogP contribution in [0.4, 0.5) is 0 Å². The van der Waals surface area contributed by atoms with Gasteiger partial charge < -0.3 is 14.9 Å². The van der Waals surface area contributed by atoms with E-state index in [-0.39, 0.29) is 6.10 Å². The van der Waals surface area contributed by atoms with Gasteiger partial charge in [0.15, 0.2) is 0 Å². The van der Waals surface area contributed by atoms with Crippen LogP contribution in [0.25, 0.3) is 0 Å². The van der Waals surface area contributed by atoms with Crippen molar-refractivity contribution in [1.29, 1.82) is 0 Å². The molecular weight excluding hydrogens is 264 g/mol. The minimum absolute atomic E-state index is 0.300. The van der Waals surface area contributed by atoms with Crippen LogP contribution < -0.4 is 4.74 Å². The molecule has 0 amide bonds. The number of ether oxygens (including phenoxy) is 1. The maximum atomic E-state index is 10.6. The fraction of sp³-hybridized carbons (Fsp3) is 0.667. The van der Waals surface area contributed by atoms with Crippen molar-refractivity contribution in [1.82, 2.24) is 0 Å². The summed E-state index contributed by atoms with van der Waals surface area (Å²) in [7, 11) is 0. The number of benzene rings is 1. The topological polar surface area (TPSA) is 49.7 Å². The molecule has 1 fully saturated rings. The van der Waals surface area contributed by atoms with Crippen molar-refractivity contribution in [3.05, 3.63) is 29.8 Å². The SMILES string of the molecule is CC[C@@H](O)Cc1cccc(OCC2(O)CCCCCC2)c1. The molecule has 0 aromatic heterocycles. The molecule has 1 aromatic carbocycles. The third-order valence-corrected chi connectivity index (χ3v) is 4.38. The van der Waals surface area contributed by atoms with E-state index in [9.17, 15) is 10.2 Å². The van der Waals surface area contributed by atoms with E-state index in [1.807, 2.05) is 31.2 Å². The number of aliphatic hydroxyl groups is 2. The lowest BCUT2D eigenvalue weighted by Gasteiger charge is -2.26. The first-order valence-electron chi connectivity index (χ1n) is 8.23. The Balaban J connectivity index is 1.91. The van der Waals surface area contributed by atoms with Crippen molar-refractivity contribution in [2.75, 3.05) is 6.61 Å². The molecule has 0 aliphatic heterocycles. The molecule has 21 heavy (non-hydrogen) atoms. The lowest BCUT2D eigenvalue weighted by Crippen LogP contribution is -2.35. The van der Waals surface area contributed by atoms with E-state index in [4.69, 9.17) is 4.74 Å². The number of rotatable bonds is 6. The molecule has 3 heteroatoms. The quantitative estimate of drug-likeness (QED) is 0.789. The van der Waals surface area contributed by atoms with E-state index in [2.05, 4.69) is 0 Å². The zero-order valence-electron chi connectivity index (χ0n) is 13.1. The van der Waals surface area contributed by atoms with Gasteiger partial charge in [-0.3, -0.25) is 0 Å². The molecule has 3 nitrogen and oxygen atoms in total. The van der Waals surface area contributed by atoms with Crippen molar-refractivity contribution >= 4 is 0 Å². The van der Waals surface area contributed by atoms with Gasteiger partial charge in [-0.25, -0.2) is 0 Å². The van der Waals surface area contributed by atoms with Crippen LogP contribution in [0.3, 0.4) is 0 Å². The molecular formula is C18H28O3. The summed E-state index contributed by atoms with van der Waals surface area (Å²) in [6, 6.07) is 7.84. The standard InChI is InChI=1S/C18H28O3/c1-2-16(19)12-15-8-7-9-17(13-15)21-14-18(20)10-5-3-4-6-11-18/h7-9,13,16,19-20H,2-6,10-12,14H2,1H3/t16-/m1/s1. The van der Waals surface area contributed by atoms with Crippen molar-refractivity contribution in [2.24, 2.45) is 0 Å². The molecule has 2 rings (SSSR count). The van der Waals surface area contributed by atoms with Gasteiger partial charge >= 0.3 is 0 Å². The van der Waals surface area contributed by atoms with Crippen LogP contribution in [-0.4, -0.2) is 28.5 Å². The van der Waals surface area contributed by atoms with Gasteiger partial charge in [0.05, 0.1) is 11.7 Å². The Bertz CT molecular complexity index is 422. The van der Waals surface area contributed by atoms with Crippen LogP contribution in [0.15, 0.2) is 24.3 Å². The van der Waals surface area contributed by atoms with Gasteiger partial charge in [-0.15, -0.1) is 0 Å². The van der Waals surface area contributed by atoms with E-state index in [0.29, 0.717) is 13.0 Å². The Hall–Kier alpha value is -1.06. The summed E-state index contributed by atoms with van der Waals surface area (Å²) < 4.78 is 5.83. The molecule has 0 heterocycles. The second-order valence-electron chi connectivity index (χ2n) is 6.34.